The third-order valence-electron chi connectivity index (χ3n) is 5.22. The lowest BCUT2D eigenvalue weighted by atomic mass is 10.0. The fourth-order valence-electron chi connectivity index (χ4n) is 3.44. The summed E-state index contributed by atoms with van der Waals surface area (Å²) in [6.07, 6.45) is 16.1. The van der Waals surface area contributed by atoms with Crippen LogP contribution in [0.1, 0.15) is 102 Å². The first-order valence-corrected chi connectivity index (χ1v) is 12.7. The van der Waals surface area contributed by atoms with Crippen molar-refractivity contribution in [3.63, 3.8) is 0 Å². The molecular formula is C23H39NO4S. The number of sulfonamides is 1. The van der Waals surface area contributed by atoms with Crippen LogP contribution in [0.15, 0.2) is 23.1 Å². The number of aromatic hydroxyl groups is 1. The molecule has 5 nitrogen and oxygen atoms in total. The van der Waals surface area contributed by atoms with Gasteiger partial charge in [-0.3, -0.25) is 4.79 Å². The zero-order valence-electron chi connectivity index (χ0n) is 18.2. The first-order valence-electron chi connectivity index (χ1n) is 11.2. The van der Waals surface area contributed by atoms with Crippen LogP contribution in [0.5, 0.6) is 5.75 Å². The second-order valence-electron chi connectivity index (χ2n) is 7.97. The van der Waals surface area contributed by atoms with Gasteiger partial charge < -0.3 is 5.11 Å². The number of hydrogen-bond acceptors (Lipinski definition) is 4. The lowest BCUT2D eigenvalue weighted by molar-refractivity contribution is -0.119. The van der Waals surface area contributed by atoms with E-state index < -0.39 is 15.9 Å². The molecule has 0 saturated carbocycles. The average molecular weight is 426 g/mol. The van der Waals surface area contributed by atoms with E-state index >= 15 is 0 Å². The number of phenols is 1. The van der Waals surface area contributed by atoms with E-state index in [0.717, 1.165) is 18.9 Å². The normalized spacial score (nSPS) is 11.5. The van der Waals surface area contributed by atoms with Crippen LogP contribution in [-0.4, -0.2) is 19.4 Å². The van der Waals surface area contributed by atoms with Crippen LogP contribution in [-0.2, 0) is 14.8 Å². The Kier molecular flexibility index (Phi) is 12.7. The summed E-state index contributed by atoms with van der Waals surface area (Å²) in [5, 5.41) is 9.49. The topological polar surface area (TPSA) is 83.5 Å². The van der Waals surface area contributed by atoms with E-state index in [0.29, 0.717) is 12.0 Å². The van der Waals surface area contributed by atoms with Gasteiger partial charge in [-0.2, -0.15) is 0 Å². The largest absolute Gasteiger partial charge is 0.508 e. The van der Waals surface area contributed by atoms with Gasteiger partial charge in [0.15, 0.2) is 0 Å². The number of carbonyl (C=O) groups is 1. The Labute approximate surface area is 177 Å². The minimum absolute atomic E-state index is 0.0591. The summed E-state index contributed by atoms with van der Waals surface area (Å²) < 4.78 is 26.7. The highest BCUT2D eigenvalue weighted by molar-refractivity contribution is 7.90. The number of hydrogen-bond donors (Lipinski definition) is 2. The summed E-state index contributed by atoms with van der Waals surface area (Å²) in [4.78, 5) is 11.9. The number of benzene rings is 1. The van der Waals surface area contributed by atoms with Crippen molar-refractivity contribution in [3.8, 4) is 5.75 Å². The molecule has 1 amide bonds. The van der Waals surface area contributed by atoms with Crippen molar-refractivity contribution >= 4 is 15.9 Å². The molecular weight excluding hydrogens is 386 g/mol. The summed E-state index contributed by atoms with van der Waals surface area (Å²) in [5.41, 5.74) is 0.490. The molecule has 0 bridgehead atoms. The second kappa shape index (κ2) is 14.4. The molecule has 6 heteroatoms. The van der Waals surface area contributed by atoms with E-state index in [9.17, 15) is 18.3 Å². The molecule has 1 aromatic carbocycles. The SMILES string of the molecule is CCCCCCCCCCCCCCCC(=O)NS(=O)(=O)c1cc(O)ccc1C. The zero-order valence-corrected chi connectivity index (χ0v) is 19.0. The van der Waals surface area contributed by atoms with Crippen molar-refractivity contribution in [2.75, 3.05) is 0 Å². The van der Waals surface area contributed by atoms with Gasteiger partial charge in [-0.1, -0.05) is 90.0 Å². The van der Waals surface area contributed by atoms with E-state index in [2.05, 4.69) is 11.6 Å². The van der Waals surface area contributed by atoms with E-state index in [1.165, 1.54) is 76.3 Å². The highest BCUT2D eigenvalue weighted by Gasteiger charge is 2.20. The number of aryl methyl sites for hydroxylation is 1. The Morgan fingerprint density at radius 1 is 0.862 bits per heavy atom. The summed E-state index contributed by atoms with van der Waals surface area (Å²) >= 11 is 0. The molecule has 166 valence electrons. The minimum atomic E-state index is -3.94. The van der Waals surface area contributed by atoms with Crippen LogP contribution in [0, 0.1) is 6.92 Å². The molecule has 0 fully saturated rings. The van der Waals surface area contributed by atoms with Crippen molar-refractivity contribution in [1.29, 1.82) is 0 Å². The number of carbonyl (C=O) groups excluding carboxylic acids is 1. The molecule has 1 aromatic rings. The molecule has 0 heterocycles. The number of nitrogens with one attached hydrogen (secondary N) is 1. The molecule has 2 N–H and O–H groups in total. The van der Waals surface area contributed by atoms with Crippen LogP contribution in [0.2, 0.25) is 0 Å². The van der Waals surface area contributed by atoms with E-state index in [4.69, 9.17) is 0 Å². The number of amides is 1. The Hall–Kier alpha value is -1.56. The lowest BCUT2D eigenvalue weighted by Gasteiger charge is -2.09. The fourth-order valence-corrected chi connectivity index (χ4v) is 4.72. The summed E-state index contributed by atoms with van der Waals surface area (Å²) in [6.45, 7) is 3.87. The molecule has 0 aliphatic rings. The third-order valence-corrected chi connectivity index (χ3v) is 6.73. The Morgan fingerprint density at radius 2 is 1.34 bits per heavy atom. The number of unbranched alkanes of at least 4 members (excludes halogenated alkanes) is 12. The van der Waals surface area contributed by atoms with E-state index in [1.807, 2.05) is 0 Å². The maximum absolute atomic E-state index is 12.3. The average Bonchev–Trinajstić information content (AvgIpc) is 2.67. The van der Waals surface area contributed by atoms with Gasteiger partial charge in [0, 0.05) is 12.5 Å². The van der Waals surface area contributed by atoms with E-state index in [1.54, 1.807) is 6.92 Å². The van der Waals surface area contributed by atoms with Gasteiger partial charge in [-0.15, -0.1) is 0 Å². The molecule has 29 heavy (non-hydrogen) atoms. The predicted molar refractivity (Wildman–Crippen MR) is 118 cm³/mol. The van der Waals surface area contributed by atoms with Crippen LogP contribution in [0.4, 0.5) is 0 Å². The molecule has 0 atom stereocenters. The van der Waals surface area contributed by atoms with Gasteiger partial charge in [0.1, 0.15) is 5.75 Å². The van der Waals surface area contributed by atoms with Crippen molar-refractivity contribution in [2.45, 2.75) is 109 Å². The summed E-state index contributed by atoms with van der Waals surface area (Å²) in [7, 11) is -3.94. The Morgan fingerprint density at radius 3 is 1.86 bits per heavy atom. The van der Waals surface area contributed by atoms with Gasteiger partial charge >= 0.3 is 0 Å². The molecule has 0 aromatic heterocycles. The van der Waals surface area contributed by atoms with E-state index in [-0.39, 0.29) is 17.1 Å². The number of rotatable bonds is 16. The quantitative estimate of drug-likeness (QED) is 0.319. The first kappa shape index (κ1) is 25.5. The van der Waals surface area contributed by atoms with Crippen molar-refractivity contribution in [2.24, 2.45) is 0 Å². The lowest BCUT2D eigenvalue weighted by Crippen LogP contribution is -2.30. The standard InChI is InChI=1S/C23H39NO4S/c1-3-4-5-6-7-8-9-10-11-12-13-14-15-16-23(26)24-29(27,28)22-19-21(25)18-17-20(22)2/h17-19,25H,3-16H2,1-2H3,(H,24,26). The maximum Gasteiger partial charge on any atom is 0.264 e. The van der Waals surface area contributed by atoms with Crippen molar-refractivity contribution in [1.82, 2.24) is 4.72 Å². The molecule has 0 unspecified atom stereocenters. The molecule has 0 spiro atoms. The highest BCUT2D eigenvalue weighted by atomic mass is 32.2. The molecule has 0 aliphatic carbocycles. The van der Waals surface area contributed by atoms with Crippen LogP contribution in [0.3, 0.4) is 0 Å². The predicted octanol–water partition coefficient (Wildman–Crippen LogP) is 5.99. The second-order valence-corrected chi connectivity index (χ2v) is 9.62. The molecule has 1 rings (SSSR count). The smallest absolute Gasteiger partial charge is 0.264 e. The summed E-state index contributed by atoms with van der Waals surface area (Å²) in [6, 6.07) is 4.10. The Balaban J connectivity index is 2.09. The van der Waals surface area contributed by atoms with Crippen LogP contribution >= 0.6 is 0 Å². The molecule has 0 saturated heterocycles. The van der Waals surface area contributed by atoms with Crippen molar-refractivity contribution in [3.05, 3.63) is 23.8 Å². The van der Waals surface area contributed by atoms with Gasteiger partial charge in [0.05, 0.1) is 4.90 Å². The van der Waals surface area contributed by atoms with Gasteiger partial charge in [-0.05, 0) is 25.0 Å². The zero-order chi connectivity index (χ0) is 21.5. The third kappa shape index (κ3) is 11.3. The first-order chi connectivity index (χ1) is 13.9. The highest BCUT2D eigenvalue weighted by Crippen LogP contribution is 2.20. The summed E-state index contributed by atoms with van der Waals surface area (Å²) in [5.74, 6) is -0.629. The van der Waals surface area contributed by atoms with Gasteiger partial charge in [0.2, 0.25) is 5.91 Å². The van der Waals surface area contributed by atoms with Crippen molar-refractivity contribution < 1.29 is 18.3 Å². The van der Waals surface area contributed by atoms with Gasteiger partial charge in [0.25, 0.3) is 10.0 Å². The molecule has 0 radical (unpaired) electrons. The minimum Gasteiger partial charge on any atom is -0.508 e. The van der Waals surface area contributed by atoms with Crippen LogP contribution in [0.25, 0.3) is 0 Å². The number of phenolic OH excluding ortho intramolecular Hbond substituents is 1. The Bertz CT molecular complexity index is 701. The molecule has 0 aliphatic heterocycles. The fraction of sp³-hybridized carbons (Fsp3) is 0.696. The van der Waals surface area contributed by atoms with Gasteiger partial charge in [-0.25, -0.2) is 13.1 Å². The maximum atomic E-state index is 12.3. The van der Waals surface area contributed by atoms with Crippen LogP contribution < -0.4 is 4.72 Å². The monoisotopic (exact) mass is 425 g/mol.